The molecule has 2 aromatic rings. The van der Waals surface area contributed by atoms with Gasteiger partial charge in [0.25, 0.3) is 11.6 Å². The predicted molar refractivity (Wildman–Crippen MR) is 105 cm³/mol. The number of ether oxygens (including phenoxy) is 1. The summed E-state index contributed by atoms with van der Waals surface area (Å²) in [6, 6.07) is 10.5. The number of carbonyl (C=O) groups excluding carboxylic acids is 1. The highest BCUT2D eigenvalue weighted by Gasteiger charge is 2.25. The number of rotatable bonds is 6. The predicted octanol–water partition coefficient (Wildman–Crippen LogP) is 2.86. The maximum atomic E-state index is 12.8. The molecule has 1 amide bonds. The van der Waals surface area contributed by atoms with Crippen LogP contribution >= 0.6 is 0 Å². The van der Waals surface area contributed by atoms with Crippen molar-refractivity contribution >= 4 is 23.0 Å². The number of hydrogen-bond acceptors (Lipinski definition) is 7. The Morgan fingerprint density at radius 1 is 1.00 bits per heavy atom. The zero-order chi connectivity index (χ0) is 21.0. The first-order chi connectivity index (χ1) is 13.9. The largest absolute Gasteiger partial charge is 0.487 e. The van der Waals surface area contributed by atoms with Gasteiger partial charge in [-0.05, 0) is 31.2 Å². The smallest absolute Gasteiger partial charge is 0.311 e. The molecule has 3 rings (SSSR count). The van der Waals surface area contributed by atoms with Crippen LogP contribution in [-0.2, 0) is 0 Å². The van der Waals surface area contributed by atoms with Crippen LogP contribution in [0.1, 0.15) is 17.3 Å². The molecule has 0 bridgehead atoms. The molecule has 0 atom stereocenters. The molecular weight excluding hydrogens is 380 g/mol. The molecule has 29 heavy (non-hydrogen) atoms. The van der Waals surface area contributed by atoms with Crippen LogP contribution in [0.2, 0.25) is 0 Å². The first kappa shape index (κ1) is 20.1. The zero-order valence-electron chi connectivity index (χ0n) is 15.8. The summed E-state index contributed by atoms with van der Waals surface area (Å²) < 4.78 is 5.25. The zero-order valence-corrected chi connectivity index (χ0v) is 15.8. The Balaban J connectivity index is 1.67. The number of amides is 1. The number of hydrogen-bond donors (Lipinski definition) is 0. The molecule has 0 radical (unpaired) electrons. The number of carbonyl (C=O) groups is 1. The summed E-state index contributed by atoms with van der Waals surface area (Å²) in [5.74, 6) is -0.142. The highest BCUT2D eigenvalue weighted by atomic mass is 16.6. The summed E-state index contributed by atoms with van der Waals surface area (Å²) in [5, 5.41) is 22.0. The van der Waals surface area contributed by atoms with Crippen molar-refractivity contribution in [1.29, 1.82) is 0 Å². The number of anilines is 1. The van der Waals surface area contributed by atoms with Crippen molar-refractivity contribution in [3.8, 4) is 5.75 Å². The number of nitro groups is 2. The van der Waals surface area contributed by atoms with Crippen molar-refractivity contribution < 1.29 is 19.4 Å². The van der Waals surface area contributed by atoms with Gasteiger partial charge < -0.3 is 14.5 Å². The van der Waals surface area contributed by atoms with Gasteiger partial charge in [0, 0.05) is 55.6 Å². The minimum atomic E-state index is -0.561. The number of nitro benzene ring substituents is 2. The molecule has 152 valence electrons. The summed E-state index contributed by atoms with van der Waals surface area (Å²) in [6.07, 6.45) is 0. The molecule has 0 spiro atoms. The lowest BCUT2D eigenvalue weighted by molar-refractivity contribution is -0.385. The third-order valence-corrected chi connectivity index (χ3v) is 4.69. The first-order valence-electron chi connectivity index (χ1n) is 9.10. The third kappa shape index (κ3) is 4.42. The van der Waals surface area contributed by atoms with E-state index >= 15 is 0 Å². The number of benzene rings is 2. The Hall–Kier alpha value is -3.69. The normalized spacial score (nSPS) is 13.8. The highest BCUT2D eigenvalue weighted by molar-refractivity contribution is 5.95. The maximum Gasteiger partial charge on any atom is 0.311 e. The maximum absolute atomic E-state index is 12.8. The van der Waals surface area contributed by atoms with Crippen molar-refractivity contribution in [3.05, 3.63) is 68.3 Å². The molecule has 0 aromatic heterocycles. The standard InChI is InChI=1S/C19H20N4O6/c1-2-29-18-8-3-14(13-17(18)23(27)28)19(24)21-11-9-20(10-12-21)15-4-6-16(7-5-15)22(25)26/h3-8,13H,2,9-12H2,1H3. The van der Waals surface area contributed by atoms with Gasteiger partial charge in [0.15, 0.2) is 5.75 Å². The summed E-state index contributed by atoms with van der Waals surface area (Å²) in [5.41, 5.74) is 0.880. The van der Waals surface area contributed by atoms with Crippen molar-refractivity contribution in [2.24, 2.45) is 0 Å². The summed E-state index contributed by atoms with van der Waals surface area (Å²) in [4.78, 5) is 37.5. The summed E-state index contributed by atoms with van der Waals surface area (Å²) >= 11 is 0. The second kappa shape index (κ2) is 8.55. The highest BCUT2D eigenvalue weighted by Crippen LogP contribution is 2.29. The summed E-state index contributed by atoms with van der Waals surface area (Å²) in [7, 11) is 0. The minimum absolute atomic E-state index is 0.0275. The summed E-state index contributed by atoms with van der Waals surface area (Å²) in [6.45, 7) is 4.02. The van der Waals surface area contributed by atoms with Crippen LogP contribution in [0.15, 0.2) is 42.5 Å². The van der Waals surface area contributed by atoms with Gasteiger partial charge in [0.1, 0.15) is 0 Å². The molecule has 0 aliphatic carbocycles. The second-order valence-corrected chi connectivity index (χ2v) is 6.43. The number of nitrogens with zero attached hydrogens (tertiary/aromatic N) is 4. The van der Waals surface area contributed by atoms with Crippen LogP contribution in [0, 0.1) is 20.2 Å². The van der Waals surface area contributed by atoms with Gasteiger partial charge in [-0.25, -0.2) is 0 Å². The molecule has 1 saturated heterocycles. The molecule has 0 N–H and O–H groups in total. The topological polar surface area (TPSA) is 119 Å². The van der Waals surface area contributed by atoms with E-state index in [0.717, 1.165) is 5.69 Å². The van der Waals surface area contributed by atoms with Crippen LogP contribution in [0.3, 0.4) is 0 Å². The molecule has 0 unspecified atom stereocenters. The SMILES string of the molecule is CCOc1ccc(C(=O)N2CCN(c3ccc([N+](=O)[O-])cc3)CC2)cc1[N+](=O)[O-]. The van der Waals surface area contributed by atoms with Crippen LogP contribution in [0.5, 0.6) is 5.75 Å². The van der Waals surface area contributed by atoms with Crippen molar-refractivity contribution in [1.82, 2.24) is 4.90 Å². The van der Waals surface area contributed by atoms with Crippen LogP contribution in [0.4, 0.5) is 17.1 Å². The lowest BCUT2D eigenvalue weighted by Gasteiger charge is -2.36. The average Bonchev–Trinajstić information content (AvgIpc) is 2.74. The van der Waals surface area contributed by atoms with Crippen molar-refractivity contribution in [2.45, 2.75) is 6.92 Å². The van der Waals surface area contributed by atoms with E-state index in [1.54, 1.807) is 24.0 Å². The van der Waals surface area contributed by atoms with Gasteiger partial charge >= 0.3 is 5.69 Å². The van der Waals surface area contributed by atoms with Crippen molar-refractivity contribution in [3.63, 3.8) is 0 Å². The molecule has 0 saturated carbocycles. The Bertz CT molecular complexity index is 923. The van der Waals surface area contributed by atoms with E-state index < -0.39 is 9.85 Å². The van der Waals surface area contributed by atoms with Gasteiger partial charge in [-0.3, -0.25) is 25.0 Å². The van der Waals surface area contributed by atoms with Crippen LogP contribution < -0.4 is 9.64 Å². The monoisotopic (exact) mass is 400 g/mol. The fourth-order valence-electron chi connectivity index (χ4n) is 3.21. The van der Waals surface area contributed by atoms with Gasteiger partial charge in [0.05, 0.1) is 16.5 Å². The fraction of sp³-hybridized carbons (Fsp3) is 0.316. The van der Waals surface area contributed by atoms with E-state index in [2.05, 4.69) is 0 Å². The van der Waals surface area contributed by atoms with E-state index in [9.17, 15) is 25.0 Å². The average molecular weight is 400 g/mol. The second-order valence-electron chi connectivity index (χ2n) is 6.43. The molecule has 10 nitrogen and oxygen atoms in total. The van der Waals surface area contributed by atoms with Gasteiger partial charge in [0.2, 0.25) is 0 Å². The molecule has 1 aliphatic heterocycles. The first-order valence-corrected chi connectivity index (χ1v) is 9.10. The number of piperazine rings is 1. The van der Waals surface area contributed by atoms with Gasteiger partial charge in [-0.1, -0.05) is 0 Å². The van der Waals surface area contributed by atoms with Gasteiger partial charge in [-0.2, -0.15) is 0 Å². The lowest BCUT2D eigenvalue weighted by atomic mass is 10.1. The van der Waals surface area contributed by atoms with Gasteiger partial charge in [-0.15, -0.1) is 0 Å². The van der Waals surface area contributed by atoms with E-state index in [4.69, 9.17) is 4.74 Å². The van der Waals surface area contributed by atoms with E-state index in [1.807, 2.05) is 4.90 Å². The Labute approximate surface area is 166 Å². The molecule has 1 heterocycles. The Morgan fingerprint density at radius 2 is 1.66 bits per heavy atom. The third-order valence-electron chi connectivity index (χ3n) is 4.69. The number of non-ortho nitro benzene ring substituents is 1. The van der Waals surface area contributed by atoms with Crippen LogP contribution in [0.25, 0.3) is 0 Å². The Morgan fingerprint density at radius 3 is 2.21 bits per heavy atom. The van der Waals surface area contributed by atoms with E-state index in [0.29, 0.717) is 32.8 Å². The lowest BCUT2D eigenvalue weighted by Crippen LogP contribution is -2.48. The quantitative estimate of drug-likeness (QED) is 0.540. The van der Waals surface area contributed by atoms with E-state index in [1.165, 1.54) is 30.3 Å². The molecular formula is C19H20N4O6. The molecule has 1 aliphatic rings. The minimum Gasteiger partial charge on any atom is -0.487 e. The molecule has 10 heteroatoms. The Kier molecular flexibility index (Phi) is 5.91. The molecule has 2 aromatic carbocycles. The van der Waals surface area contributed by atoms with Crippen LogP contribution in [-0.4, -0.2) is 53.4 Å². The fourth-order valence-corrected chi connectivity index (χ4v) is 3.21. The van der Waals surface area contributed by atoms with Crippen molar-refractivity contribution in [2.75, 3.05) is 37.7 Å². The van der Waals surface area contributed by atoms with E-state index in [-0.39, 0.29) is 28.6 Å². The molecule has 1 fully saturated rings.